The van der Waals surface area contributed by atoms with Gasteiger partial charge in [-0.2, -0.15) is 0 Å². The number of rotatable bonds is 7. The van der Waals surface area contributed by atoms with Gasteiger partial charge in [-0.15, -0.1) is 0 Å². The van der Waals surface area contributed by atoms with Crippen molar-refractivity contribution in [1.82, 2.24) is 14.9 Å². The maximum absolute atomic E-state index is 5.47. The first kappa shape index (κ1) is 15.0. The van der Waals surface area contributed by atoms with Crippen LogP contribution in [0.25, 0.3) is 0 Å². The van der Waals surface area contributed by atoms with Gasteiger partial charge in [0.05, 0.1) is 0 Å². The number of hydrazine groups is 1. The molecule has 0 aromatic carbocycles. The van der Waals surface area contributed by atoms with Gasteiger partial charge in [-0.25, -0.2) is 15.8 Å². The third-order valence-electron chi connectivity index (χ3n) is 4.23. The lowest BCUT2D eigenvalue weighted by molar-refractivity contribution is 0.0738. The predicted octanol–water partition coefficient (Wildman–Crippen LogP) is 1.61. The molecule has 1 aromatic heterocycles. The van der Waals surface area contributed by atoms with E-state index in [0.717, 1.165) is 31.0 Å². The highest BCUT2D eigenvalue weighted by atomic mass is 15.3. The molecule has 6 nitrogen and oxygen atoms in total. The SMILES string of the molecule is CCCc1nc(NN)cc(NCC2(N(C)C)CCC2)n1. The van der Waals surface area contributed by atoms with Gasteiger partial charge >= 0.3 is 0 Å². The molecule has 0 amide bonds. The molecule has 0 unspecified atom stereocenters. The van der Waals surface area contributed by atoms with Crippen molar-refractivity contribution in [3.8, 4) is 0 Å². The third kappa shape index (κ3) is 3.19. The molecule has 0 spiro atoms. The van der Waals surface area contributed by atoms with E-state index in [2.05, 4.69) is 46.6 Å². The molecule has 1 saturated carbocycles. The molecule has 0 saturated heterocycles. The molecule has 0 atom stereocenters. The quantitative estimate of drug-likeness (QED) is 0.519. The lowest BCUT2D eigenvalue weighted by Gasteiger charge is -2.47. The van der Waals surface area contributed by atoms with Crippen molar-refractivity contribution in [3.05, 3.63) is 11.9 Å². The largest absolute Gasteiger partial charge is 0.368 e. The van der Waals surface area contributed by atoms with Crippen molar-refractivity contribution in [2.45, 2.75) is 44.6 Å². The number of aromatic nitrogens is 2. The Labute approximate surface area is 121 Å². The summed E-state index contributed by atoms with van der Waals surface area (Å²) in [5, 5.41) is 3.45. The summed E-state index contributed by atoms with van der Waals surface area (Å²) >= 11 is 0. The highest BCUT2D eigenvalue weighted by Gasteiger charge is 2.38. The Bertz CT molecular complexity index is 441. The Kier molecular flexibility index (Phi) is 4.77. The van der Waals surface area contributed by atoms with Gasteiger partial charge in [0.15, 0.2) is 0 Å². The summed E-state index contributed by atoms with van der Waals surface area (Å²) in [5.41, 5.74) is 2.88. The van der Waals surface area contributed by atoms with Gasteiger partial charge in [-0.1, -0.05) is 6.92 Å². The molecule has 2 rings (SSSR count). The number of hydrogen-bond donors (Lipinski definition) is 3. The second kappa shape index (κ2) is 6.37. The minimum Gasteiger partial charge on any atom is -0.368 e. The molecule has 1 heterocycles. The van der Waals surface area contributed by atoms with Crippen molar-refractivity contribution in [2.24, 2.45) is 5.84 Å². The lowest BCUT2D eigenvalue weighted by Crippen LogP contribution is -2.54. The molecule has 6 heteroatoms. The fraction of sp³-hybridized carbons (Fsp3) is 0.714. The Morgan fingerprint density at radius 2 is 2.00 bits per heavy atom. The smallest absolute Gasteiger partial charge is 0.145 e. The summed E-state index contributed by atoms with van der Waals surface area (Å²) in [7, 11) is 4.30. The number of likely N-dealkylation sites (N-methyl/N-ethyl adjacent to an activating group) is 1. The third-order valence-corrected chi connectivity index (χ3v) is 4.23. The highest BCUT2D eigenvalue weighted by Crippen LogP contribution is 2.36. The van der Waals surface area contributed by atoms with E-state index in [-0.39, 0.29) is 5.54 Å². The van der Waals surface area contributed by atoms with Crippen LogP contribution in [0.4, 0.5) is 11.6 Å². The normalized spacial score (nSPS) is 16.9. The van der Waals surface area contributed by atoms with E-state index in [0.29, 0.717) is 5.82 Å². The van der Waals surface area contributed by atoms with Gasteiger partial charge in [0.1, 0.15) is 17.5 Å². The molecule has 0 radical (unpaired) electrons. The Balaban J connectivity index is 2.06. The number of nitrogens with one attached hydrogen (secondary N) is 2. The van der Waals surface area contributed by atoms with Crippen molar-refractivity contribution in [2.75, 3.05) is 31.4 Å². The van der Waals surface area contributed by atoms with Crippen LogP contribution in [0.3, 0.4) is 0 Å². The standard InChI is InChI=1S/C14H26N6/c1-4-6-11-17-12(9-13(18-11)19-15)16-10-14(20(2)3)7-5-8-14/h9H,4-8,10,15H2,1-3H3,(H2,16,17,18,19). The monoisotopic (exact) mass is 278 g/mol. The van der Waals surface area contributed by atoms with Gasteiger partial charge in [-0.05, 0) is 39.8 Å². The fourth-order valence-corrected chi connectivity index (χ4v) is 2.62. The van der Waals surface area contributed by atoms with Gasteiger partial charge in [0.2, 0.25) is 0 Å². The summed E-state index contributed by atoms with van der Waals surface area (Å²) in [4.78, 5) is 11.2. The van der Waals surface area contributed by atoms with Crippen LogP contribution in [0.15, 0.2) is 6.07 Å². The van der Waals surface area contributed by atoms with Crippen LogP contribution in [0.1, 0.15) is 38.4 Å². The maximum atomic E-state index is 5.47. The van der Waals surface area contributed by atoms with Crippen molar-refractivity contribution >= 4 is 11.6 Å². The first-order valence-electron chi connectivity index (χ1n) is 7.35. The van der Waals surface area contributed by atoms with Crippen LogP contribution >= 0.6 is 0 Å². The first-order valence-corrected chi connectivity index (χ1v) is 7.35. The zero-order chi connectivity index (χ0) is 14.6. The molecule has 4 N–H and O–H groups in total. The van der Waals surface area contributed by atoms with Crippen molar-refractivity contribution < 1.29 is 0 Å². The summed E-state index contributed by atoms with van der Waals surface area (Å²) in [6.45, 7) is 3.03. The van der Waals surface area contributed by atoms with E-state index >= 15 is 0 Å². The zero-order valence-corrected chi connectivity index (χ0v) is 12.7. The Morgan fingerprint density at radius 1 is 1.30 bits per heavy atom. The topological polar surface area (TPSA) is 79.1 Å². The van der Waals surface area contributed by atoms with Crippen LogP contribution < -0.4 is 16.6 Å². The predicted molar refractivity (Wildman–Crippen MR) is 82.6 cm³/mol. The molecule has 1 fully saturated rings. The molecular formula is C14H26N6. The minimum atomic E-state index is 0.270. The van der Waals surface area contributed by atoms with Gasteiger partial charge in [0.25, 0.3) is 0 Å². The van der Waals surface area contributed by atoms with Crippen LogP contribution in [-0.2, 0) is 6.42 Å². The first-order chi connectivity index (χ1) is 9.59. The van der Waals surface area contributed by atoms with Crippen LogP contribution in [0.5, 0.6) is 0 Å². The van der Waals surface area contributed by atoms with E-state index in [1.165, 1.54) is 19.3 Å². The number of aryl methyl sites for hydroxylation is 1. The summed E-state index contributed by atoms with van der Waals surface area (Å²) < 4.78 is 0. The Hall–Kier alpha value is -1.40. The summed E-state index contributed by atoms with van der Waals surface area (Å²) in [5.74, 6) is 7.82. The van der Waals surface area contributed by atoms with E-state index < -0.39 is 0 Å². The molecule has 1 aliphatic carbocycles. The molecule has 0 aliphatic heterocycles. The van der Waals surface area contributed by atoms with E-state index in [1.807, 2.05) is 6.07 Å². The number of anilines is 2. The number of nitrogens with zero attached hydrogens (tertiary/aromatic N) is 3. The molecule has 1 aromatic rings. The molecule has 0 bridgehead atoms. The molecular weight excluding hydrogens is 252 g/mol. The van der Waals surface area contributed by atoms with Crippen LogP contribution in [-0.4, -0.2) is 41.0 Å². The highest BCUT2D eigenvalue weighted by molar-refractivity contribution is 5.47. The van der Waals surface area contributed by atoms with Crippen molar-refractivity contribution in [1.29, 1.82) is 0 Å². The van der Waals surface area contributed by atoms with Gasteiger partial charge in [0, 0.05) is 24.6 Å². The number of hydrogen-bond acceptors (Lipinski definition) is 6. The summed E-state index contributed by atoms with van der Waals surface area (Å²) in [6, 6.07) is 1.86. The lowest BCUT2D eigenvalue weighted by atomic mass is 9.75. The van der Waals surface area contributed by atoms with Crippen LogP contribution in [0, 0.1) is 0 Å². The molecule has 112 valence electrons. The Morgan fingerprint density at radius 3 is 2.50 bits per heavy atom. The van der Waals surface area contributed by atoms with Crippen molar-refractivity contribution in [3.63, 3.8) is 0 Å². The second-order valence-corrected chi connectivity index (χ2v) is 5.77. The number of nitrogen functional groups attached to an aromatic ring is 1. The fourth-order valence-electron chi connectivity index (χ4n) is 2.62. The average molecular weight is 278 g/mol. The zero-order valence-electron chi connectivity index (χ0n) is 12.7. The molecule has 1 aliphatic rings. The van der Waals surface area contributed by atoms with Gasteiger partial charge in [-0.3, -0.25) is 0 Å². The van der Waals surface area contributed by atoms with Crippen LogP contribution in [0.2, 0.25) is 0 Å². The average Bonchev–Trinajstić information content (AvgIpc) is 2.37. The number of nitrogens with two attached hydrogens (primary N) is 1. The maximum Gasteiger partial charge on any atom is 0.145 e. The molecule has 20 heavy (non-hydrogen) atoms. The summed E-state index contributed by atoms with van der Waals surface area (Å²) in [6.07, 6.45) is 5.67. The minimum absolute atomic E-state index is 0.270. The van der Waals surface area contributed by atoms with Gasteiger partial charge < -0.3 is 15.6 Å². The second-order valence-electron chi connectivity index (χ2n) is 5.77. The van der Waals surface area contributed by atoms with E-state index in [9.17, 15) is 0 Å². The van der Waals surface area contributed by atoms with E-state index in [4.69, 9.17) is 5.84 Å². The van der Waals surface area contributed by atoms with E-state index in [1.54, 1.807) is 0 Å².